The molecule has 0 saturated carbocycles. The van der Waals surface area contributed by atoms with Crippen LogP contribution in [0.1, 0.15) is 10.4 Å². The van der Waals surface area contributed by atoms with Gasteiger partial charge >= 0.3 is 6.61 Å². The Balaban J connectivity index is 1.55. The summed E-state index contributed by atoms with van der Waals surface area (Å²) in [7, 11) is -4.21. The molecule has 0 bridgehead atoms. The minimum Gasteiger partial charge on any atom is -0.454 e. The van der Waals surface area contributed by atoms with Crippen LogP contribution in [-0.4, -0.2) is 27.7 Å². The van der Waals surface area contributed by atoms with Crippen LogP contribution in [0.25, 0.3) is 0 Å². The molecular weight excluding hydrogens is 482 g/mol. The highest BCUT2D eigenvalue weighted by Gasteiger charge is 2.21. The summed E-state index contributed by atoms with van der Waals surface area (Å²) in [5.74, 6) is 0.0720. The summed E-state index contributed by atoms with van der Waals surface area (Å²) >= 11 is 5.86. The van der Waals surface area contributed by atoms with Crippen molar-refractivity contribution in [2.75, 3.05) is 16.8 Å². The van der Waals surface area contributed by atoms with Crippen molar-refractivity contribution >= 4 is 38.9 Å². The van der Waals surface area contributed by atoms with E-state index in [2.05, 4.69) is 14.8 Å². The van der Waals surface area contributed by atoms with Gasteiger partial charge in [0.25, 0.3) is 15.9 Å². The van der Waals surface area contributed by atoms with Crippen LogP contribution in [0.15, 0.2) is 65.6 Å². The van der Waals surface area contributed by atoms with Gasteiger partial charge in [-0.25, -0.2) is 8.42 Å². The third kappa shape index (κ3) is 5.10. The zero-order chi connectivity index (χ0) is 23.6. The molecule has 0 fully saturated rings. The van der Waals surface area contributed by atoms with Gasteiger partial charge in [0.2, 0.25) is 6.79 Å². The van der Waals surface area contributed by atoms with E-state index in [1.165, 1.54) is 12.1 Å². The van der Waals surface area contributed by atoms with Gasteiger partial charge in [-0.1, -0.05) is 23.7 Å². The quantitative estimate of drug-likeness (QED) is 0.490. The van der Waals surface area contributed by atoms with Crippen molar-refractivity contribution < 1.29 is 36.2 Å². The number of ether oxygens (including phenoxy) is 3. The van der Waals surface area contributed by atoms with Gasteiger partial charge in [-0.3, -0.25) is 9.52 Å². The largest absolute Gasteiger partial charge is 0.454 e. The number of rotatable bonds is 7. The first-order chi connectivity index (χ1) is 15.7. The maximum atomic E-state index is 12.8. The average molecular weight is 497 g/mol. The molecule has 1 heterocycles. The molecule has 1 aliphatic heterocycles. The summed E-state index contributed by atoms with van der Waals surface area (Å²) in [5.41, 5.74) is 0.463. The van der Waals surface area contributed by atoms with E-state index in [-0.39, 0.29) is 33.7 Å². The van der Waals surface area contributed by atoms with Crippen molar-refractivity contribution in [3.63, 3.8) is 0 Å². The lowest BCUT2D eigenvalue weighted by Gasteiger charge is -2.14. The second kappa shape index (κ2) is 9.12. The molecule has 33 heavy (non-hydrogen) atoms. The Morgan fingerprint density at radius 3 is 2.55 bits per heavy atom. The van der Waals surface area contributed by atoms with Crippen LogP contribution in [-0.2, 0) is 10.0 Å². The van der Waals surface area contributed by atoms with E-state index in [1.54, 1.807) is 30.3 Å². The first-order valence-corrected chi connectivity index (χ1v) is 11.2. The number of sulfonamides is 1. The van der Waals surface area contributed by atoms with E-state index in [0.717, 1.165) is 18.2 Å². The maximum absolute atomic E-state index is 12.8. The highest BCUT2D eigenvalue weighted by atomic mass is 35.5. The highest BCUT2D eigenvalue weighted by molar-refractivity contribution is 7.92. The molecule has 1 amide bonds. The van der Waals surface area contributed by atoms with Crippen LogP contribution >= 0.6 is 11.6 Å². The fraction of sp³-hybridized carbons (Fsp3) is 0.0952. The van der Waals surface area contributed by atoms with Crippen molar-refractivity contribution in [1.29, 1.82) is 0 Å². The number of para-hydroxylation sites is 1. The van der Waals surface area contributed by atoms with Gasteiger partial charge in [0.1, 0.15) is 5.75 Å². The first kappa shape index (κ1) is 22.6. The molecule has 2 N–H and O–H groups in total. The Labute approximate surface area is 192 Å². The predicted molar refractivity (Wildman–Crippen MR) is 116 cm³/mol. The van der Waals surface area contributed by atoms with Crippen molar-refractivity contribution in [1.82, 2.24) is 0 Å². The summed E-state index contributed by atoms with van der Waals surface area (Å²) in [5, 5.41) is 2.36. The lowest BCUT2D eigenvalue weighted by Crippen LogP contribution is -2.18. The number of amides is 1. The van der Waals surface area contributed by atoms with Gasteiger partial charge in [-0.2, -0.15) is 8.78 Å². The molecule has 3 aromatic rings. The summed E-state index contributed by atoms with van der Waals surface area (Å²) < 4.78 is 67.5. The van der Waals surface area contributed by atoms with Crippen molar-refractivity contribution in [3.8, 4) is 17.2 Å². The molecule has 3 aromatic carbocycles. The van der Waals surface area contributed by atoms with Gasteiger partial charge in [-0.15, -0.1) is 0 Å². The molecule has 172 valence electrons. The average Bonchev–Trinajstić information content (AvgIpc) is 3.23. The summed E-state index contributed by atoms with van der Waals surface area (Å²) in [6, 6.07) is 13.8. The fourth-order valence-electron chi connectivity index (χ4n) is 2.99. The lowest BCUT2D eigenvalue weighted by molar-refractivity contribution is -0.0498. The maximum Gasteiger partial charge on any atom is 0.387 e. The van der Waals surface area contributed by atoms with Gasteiger partial charge in [0, 0.05) is 11.8 Å². The number of carbonyl (C=O) groups is 1. The van der Waals surface area contributed by atoms with E-state index in [9.17, 15) is 22.0 Å². The molecule has 0 radical (unpaired) electrons. The fourth-order valence-corrected chi connectivity index (χ4v) is 4.38. The Morgan fingerprint density at radius 1 is 1.03 bits per heavy atom. The van der Waals surface area contributed by atoms with Gasteiger partial charge in [-0.05, 0) is 42.5 Å². The van der Waals surface area contributed by atoms with Crippen molar-refractivity contribution in [2.24, 2.45) is 0 Å². The van der Waals surface area contributed by atoms with Crippen molar-refractivity contribution in [2.45, 2.75) is 11.5 Å². The zero-order valence-corrected chi connectivity index (χ0v) is 18.1. The molecule has 1 aliphatic rings. The molecule has 4 rings (SSSR count). The number of benzene rings is 3. The summed E-state index contributed by atoms with van der Waals surface area (Å²) in [4.78, 5) is 12.5. The molecule has 0 spiro atoms. The van der Waals surface area contributed by atoms with E-state index in [0.29, 0.717) is 17.2 Å². The van der Waals surface area contributed by atoms with E-state index >= 15 is 0 Å². The monoisotopic (exact) mass is 496 g/mol. The molecule has 0 unspecified atom stereocenters. The normalized spacial score (nSPS) is 12.5. The van der Waals surface area contributed by atoms with Crippen LogP contribution in [0.3, 0.4) is 0 Å². The van der Waals surface area contributed by atoms with E-state index < -0.39 is 22.5 Å². The summed E-state index contributed by atoms with van der Waals surface area (Å²) in [6.07, 6.45) is 0. The molecule has 0 aromatic heterocycles. The minimum absolute atomic E-state index is 0.000210. The number of hydrogen-bond acceptors (Lipinski definition) is 6. The second-order valence-electron chi connectivity index (χ2n) is 6.64. The van der Waals surface area contributed by atoms with Gasteiger partial charge in [0.05, 0.1) is 21.2 Å². The first-order valence-electron chi connectivity index (χ1n) is 9.30. The Bertz CT molecular complexity index is 1320. The third-order valence-corrected chi connectivity index (χ3v) is 6.13. The molecule has 8 nitrogen and oxygen atoms in total. The standard InChI is InChI=1S/C21H15ClF2N2O6S/c22-15-10-13(6-8-17(15)32-21(23)24)33(28,29)26-16-4-2-1-3-14(16)20(27)25-12-5-7-18-19(9-12)31-11-30-18/h1-10,21,26H,11H2,(H,25,27). The number of hydrogen-bond donors (Lipinski definition) is 2. The molecule has 12 heteroatoms. The zero-order valence-electron chi connectivity index (χ0n) is 16.5. The second-order valence-corrected chi connectivity index (χ2v) is 8.73. The van der Waals surface area contributed by atoms with Crippen molar-refractivity contribution in [3.05, 3.63) is 71.2 Å². The van der Waals surface area contributed by atoms with E-state index in [4.69, 9.17) is 21.1 Å². The SMILES string of the molecule is O=C(Nc1ccc2c(c1)OCO2)c1ccccc1NS(=O)(=O)c1ccc(OC(F)F)c(Cl)c1. The molecule has 0 atom stereocenters. The number of alkyl halides is 2. The number of fused-ring (bicyclic) bond motifs is 1. The molecular formula is C21H15ClF2N2O6S. The van der Waals surface area contributed by atoms with Crippen LogP contribution in [0, 0.1) is 0 Å². The Hall–Kier alpha value is -3.57. The van der Waals surface area contributed by atoms with Crippen LogP contribution in [0.5, 0.6) is 17.2 Å². The number of carbonyl (C=O) groups excluding carboxylic acids is 1. The Morgan fingerprint density at radius 2 is 1.79 bits per heavy atom. The van der Waals surface area contributed by atoms with Gasteiger partial charge < -0.3 is 19.5 Å². The topological polar surface area (TPSA) is 103 Å². The van der Waals surface area contributed by atoms with Crippen LogP contribution in [0.4, 0.5) is 20.2 Å². The van der Waals surface area contributed by atoms with E-state index in [1.807, 2.05) is 0 Å². The highest BCUT2D eigenvalue weighted by Crippen LogP contribution is 2.35. The predicted octanol–water partition coefficient (Wildman–Crippen LogP) is 4.72. The third-order valence-electron chi connectivity index (χ3n) is 4.48. The van der Waals surface area contributed by atoms with Crippen LogP contribution in [0.2, 0.25) is 5.02 Å². The molecule has 0 saturated heterocycles. The molecule has 0 aliphatic carbocycles. The minimum atomic E-state index is -4.21. The summed E-state index contributed by atoms with van der Waals surface area (Å²) in [6.45, 7) is -3.03. The number of halogens is 3. The smallest absolute Gasteiger partial charge is 0.387 e. The van der Waals surface area contributed by atoms with Crippen LogP contribution < -0.4 is 24.2 Å². The number of anilines is 2. The number of nitrogens with one attached hydrogen (secondary N) is 2. The Kier molecular flexibility index (Phi) is 6.25. The lowest BCUT2D eigenvalue weighted by atomic mass is 10.1. The van der Waals surface area contributed by atoms with Gasteiger partial charge in [0.15, 0.2) is 11.5 Å².